The lowest BCUT2D eigenvalue weighted by Crippen LogP contribution is -2.23. The van der Waals surface area contributed by atoms with E-state index in [0.717, 1.165) is 34.9 Å². The Bertz CT molecular complexity index is 624. The number of amides is 1. The van der Waals surface area contributed by atoms with Gasteiger partial charge in [-0.25, -0.2) is 4.98 Å². The van der Waals surface area contributed by atoms with E-state index in [0.29, 0.717) is 13.0 Å². The van der Waals surface area contributed by atoms with E-state index in [1.165, 1.54) is 0 Å². The first-order valence-electron chi connectivity index (χ1n) is 6.62. The van der Waals surface area contributed by atoms with E-state index in [1.54, 1.807) is 18.4 Å². The number of hydrogen-bond donors (Lipinski definition) is 0. The predicted molar refractivity (Wildman–Crippen MR) is 79.9 cm³/mol. The van der Waals surface area contributed by atoms with Crippen LogP contribution in [0.5, 0.6) is 0 Å². The molecular formula is C15H16N2O2S. The van der Waals surface area contributed by atoms with Gasteiger partial charge in [0.05, 0.1) is 12.3 Å². The molecule has 1 aromatic heterocycles. The zero-order chi connectivity index (χ0) is 13.9. The van der Waals surface area contributed by atoms with Crippen LogP contribution < -0.4 is 4.90 Å². The van der Waals surface area contributed by atoms with E-state index in [9.17, 15) is 4.79 Å². The Morgan fingerprint density at radius 2 is 2.35 bits per heavy atom. The van der Waals surface area contributed by atoms with Crippen molar-refractivity contribution in [2.75, 3.05) is 18.6 Å². The normalized spacial score (nSPS) is 15.1. The van der Waals surface area contributed by atoms with Crippen molar-refractivity contribution in [3.8, 4) is 11.3 Å². The Kier molecular flexibility index (Phi) is 3.80. The quantitative estimate of drug-likeness (QED) is 0.868. The Hall–Kier alpha value is -1.72. The van der Waals surface area contributed by atoms with Crippen LogP contribution in [-0.2, 0) is 16.1 Å². The molecule has 2 heterocycles. The van der Waals surface area contributed by atoms with E-state index in [2.05, 4.69) is 4.98 Å². The predicted octanol–water partition coefficient (Wildman–Crippen LogP) is 3.08. The molecule has 2 aromatic rings. The lowest BCUT2D eigenvalue weighted by molar-refractivity contribution is -0.117. The fraction of sp³-hybridized carbons (Fsp3) is 0.333. The van der Waals surface area contributed by atoms with Crippen molar-refractivity contribution in [2.24, 2.45) is 0 Å². The van der Waals surface area contributed by atoms with Crippen LogP contribution >= 0.6 is 11.3 Å². The minimum Gasteiger partial charge on any atom is -0.378 e. The highest BCUT2D eigenvalue weighted by Gasteiger charge is 2.21. The van der Waals surface area contributed by atoms with Crippen LogP contribution in [0.25, 0.3) is 11.3 Å². The molecule has 0 aliphatic carbocycles. The monoisotopic (exact) mass is 288 g/mol. The molecule has 1 amide bonds. The van der Waals surface area contributed by atoms with Gasteiger partial charge in [-0.05, 0) is 18.6 Å². The zero-order valence-electron chi connectivity index (χ0n) is 11.3. The topological polar surface area (TPSA) is 42.4 Å². The lowest BCUT2D eigenvalue weighted by Gasteiger charge is -2.16. The van der Waals surface area contributed by atoms with Crippen LogP contribution in [-0.4, -0.2) is 24.5 Å². The molecule has 1 aromatic carbocycles. The molecule has 20 heavy (non-hydrogen) atoms. The van der Waals surface area contributed by atoms with E-state index in [4.69, 9.17) is 4.74 Å². The second kappa shape index (κ2) is 5.73. The third kappa shape index (κ3) is 2.59. The lowest BCUT2D eigenvalue weighted by atomic mass is 10.1. The summed E-state index contributed by atoms with van der Waals surface area (Å²) in [6.45, 7) is 1.35. The number of anilines is 1. The van der Waals surface area contributed by atoms with Crippen molar-refractivity contribution in [3.05, 3.63) is 34.7 Å². The van der Waals surface area contributed by atoms with Crippen molar-refractivity contribution in [2.45, 2.75) is 19.4 Å². The first-order chi connectivity index (χ1) is 9.78. The highest BCUT2D eigenvalue weighted by molar-refractivity contribution is 7.09. The van der Waals surface area contributed by atoms with Gasteiger partial charge in [-0.1, -0.05) is 12.1 Å². The van der Waals surface area contributed by atoms with Gasteiger partial charge in [0, 0.05) is 36.7 Å². The molecule has 0 bridgehead atoms. The summed E-state index contributed by atoms with van der Waals surface area (Å²) in [6.07, 6.45) is 1.59. The Morgan fingerprint density at radius 3 is 3.10 bits per heavy atom. The zero-order valence-corrected chi connectivity index (χ0v) is 12.2. The number of methoxy groups -OCH3 is 1. The van der Waals surface area contributed by atoms with Gasteiger partial charge in [0.2, 0.25) is 5.91 Å². The van der Waals surface area contributed by atoms with E-state index in [1.807, 2.05) is 34.5 Å². The van der Waals surface area contributed by atoms with Crippen molar-refractivity contribution >= 4 is 22.9 Å². The minimum atomic E-state index is 0.209. The molecule has 4 nitrogen and oxygen atoms in total. The maximum atomic E-state index is 11.8. The Labute approximate surface area is 122 Å². The fourth-order valence-corrected chi connectivity index (χ4v) is 3.16. The average Bonchev–Trinajstić information content (AvgIpc) is 3.08. The van der Waals surface area contributed by atoms with Crippen LogP contribution in [0.3, 0.4) is 0 Å². The van der Waals surface area contributed by atoms with Gasteiger partial charge in [0.25, 0.3) is 0 Å². The van der Waals surface area contributed by atoms with Crippen molar-refractivity contribution in [3.63, 3.8) is 0 Å². The maximum absolute atomic E-state index is 11.8. The molecule has 0 atom stereocenters. The summed E-state index contributed by atoms with van der Waals surface area (Å²) >= 11 is 1.59. The van der Waals surface area contributed by atoms with E-state index < -0.39 is 0 Å². The third-order valence-electron chi connectivity index (χ3n) is 3.35. The molecule has 0 unspecified atom stereocenters. The summed E-state index contributed by atoms with van der Waals surface area (Å²) in [4.78, 5) is 18.2. The summed E-state index contributed by atoms with van der Waals surface area (Å²) in [5.41, 5.74) is 2.95. The van der Waals surface area contributed by atoms with Crippen molar-refractivity contribution in [1.29, 1.82) is 0 Å². The summed E-state index contributed by atoms with van der Waals surface area (Å²) in [5.74, 6) is 0.209. The summed E-state index contributed by atoms with van der Waals surface area (Å²) in [5, 5.41) is 2.99. The molecule has 0 spiro atoms. The molecule has 1 fully saturated rings. The van der Waals surface area contributed by atoms with E-state index >= 15 is 0 Å². The Balaban J connectivity index is 1.88. The molecule has 0 saturated carbocycles. The second-order valence-electron chi connectivity index (χ2n) is 4.76. The highest BCUT2D eigenvalue weighted by Crippen LogP contribution is 2.28. The number of aromatic nitrogens is 1. The number of thiazole rings is 1. The number of benzene rings is 1. The summed E-state index contributed by atoms with van der Waals surface area (Å²) in [6, 6.07) is 8.02. The van der Waals surface area contributed by atoms with Crippen molar-refractivity contribution < 1.29 is 9.53 Å². The van der Waals surface area contributed by atoms with Crippen LogP contribution in [0, 0.1) is 0 Å². The SMILES string of the molecule is COCc1nc(-c2cccc(N3CCCC3=O)c2)cs1. The maximum Gasteiger partial charge on any atom is 0.227 e. The molecule has 5 heteroatoms. The summed E-state index contributed by atoms with van der Waals surface area (Å²) < 4.78 is 5.09. The van der Waals surface area contributed by atoms with Gasteiger partial charge in [-0.2, -0.15) is 0 Å². The molecule has 1 saturated heterocycles. The van der Waals surface area contributed by atoms with Gasteiger partial charge >= 0.3 is 0 Å². The fourth-order valence-electron chi connectivity index (χ4n) is 2.39. The first-order valence-corrected chi connectivity index (χ1v) is 7.50. The Morgan fingerprint density at radius 1 is 1.45 bits per heavy atom. The van der Waals surface area contributed by atoms with Gasteiger partial charge < -0.3 is 9.64 Å². The molecule has 0 N–H and O–H groups in total. The summed E-state index contributed by atoms with van der Waals surface area (Å²) in [7, 11) is 1.67. The van der Waals surface area contributed by atoms with Crippen molar-refractivity contribution in [1.82, 2.24) is 4.98 Å². The molecule has 1 aliphatic rings. The van der Waals surface area contributed by atoms with Crippen LogP contribution in [0.2, 0.25) is 0 Å². The number of ether oxygens (including phenoxy) is 1. The first kappa shape index (κ1) is 13.3. The van der Waals surface area contributed by atoms with Gasteiger partial charge in [0.1, 0.15) is 5.01 Å². The standard InChI is InChI=1S/C15H16N2O2S/c1-19-9-14-16-13(10-20-14)11-4-2-5-12(8-11)17-7-3-6-15(17)18/h2,4-5,8,10H,3,6-7,9H2,1H3. The van der Waals surface area contributed by atoms with Crippen LogP contribution in [0.15, 0.2) is 29.6 Å². The smallest absolute Gasteiger partial charge is 0.227 e. The number of nitrogens with zero attached hydrogens (tertiary/aromatic N) is 2. The molecule has 104 valence electrons. The molecular weight excluding hydrogens is 272 g/mol. The van der Waals surface area contributed by atoms with Crippen LogP contribution in [0.4, 0.5) is 5.69 Å². The molecule has 3 rings (SSSR count). The van der Waals surface area contributed by atoms with Gasteiger partial charge in [-0.3, -0.25) is 4.79 Å². The number of hydrogen-bond acceptors (Lipinski definition) is 4. The average molecular weight is 288 g/mol. The largest absolute Gasteiger partial charge is 0.378 e. The van der Waals surface area contributed by atoms with E-state index in [-0.39, 0.29) is 5.91 Å². The number of rotatable bonds is 4. The molecule has 0 radical (unpaired) electrons. The highest BCUT2D eigenvalue weighted by atomic mass is 32.1. The second-order valence-corrected chi connectivity index (χ2v) is 5.70. The van der Waals surface area contributed by atoms with Gasteiger partial charge in [-0.15, -0.1) is 11.3 Å². The van der Waals surface area contributed by atoms with Gasteiger partial charge in [0.15, 0.2) is 0 Å². The number of carbonyl (C=O) groups excluding carboxylic acids is 1. The minimum absolute atomic E-state index is 0.209. The third-order valence-corrected chi connectivity index (χ3v) is 4.17. The number of carbonyl (C=O) groups is 1. The van der Waals surface area contributed by atoms with Crippen LogP contribution in [0.1, 0.15) is 17.8 Å². The molecule has 1 aliphatic heterocycles.